The molecule has 0 saturated heterocycles. The van der Waals surface area contributed by atoms with Crippen molar-refractivity contribution in [2.75, 3.05) is 7.11 Å². The summed E-state index contributed by atoms with van der Waals surface area (Å²) in [5, 5.41) is 5.35. The van der Waals surface area contributed by atoms with Crippen molar-refractivity contribution in [2.45, 2.75) is 24.3 Å². The molecule has 0 radical (unpaired) electrons. The fourth-order valence-electron chi connectivity index (χ4n) is 1.34. The molecule has 0 aliphatic carbocycles. The van der Waals surface area contributed by atoms with Gasteiger partial charge >= 0.3 is 0 Å². The van der Waals surface area contributed by atoms with Gasteiger partial charge in [-0.15, -0.1) is 0 Å². The summed E-state index contributed by atoms with van der Waals surface area (Å²) in [7, 11) is -1.64. The number of hydrogen-bond donors (Lipinski definition) is 2. The third-order valence-electron chi connectivity index (χ3n) is 2.37. The molecule has 3 N–H and O–H groups in total. The maximum atomic E-state index is 11.6. The van der Waals surface area contributed by atoms with Crippen molar-refractivity contribution >= 4 is 9.92 Å². The molecular weight excluding hydrogens is 212 g/mol. The van der Waals surface area contributed by atoms with Gasteiger partial charge in [-0.25, -0.2) is 14.1 Å². The lowest BCUT2D eigenvalue weighted by atomic mass is 9.98. The molecule has 4 nitrogen and oxygen atoms in total. The van der Waals surface area contributed by atoms with E-state index in [9.17, 15) is 4.21 Å². The normalized spacial score (nSPS) is 16.0. The second-order valence-electron chi connectivity index (χ2n) is 3.81. The van der Waals surface area contributed by atoms with E-state index in [1.807, 2.05) is 19.9 Å². The van der Waals surface area contributed by atoms with Crippen molar-refractivity contribution in [3.8, 4) is 0 Å². The monoisotopic (exact) mass is 228 g/mol. The second-order valence-corrected chi connectivity index (χ2v) is 5.45. The van der Waals surface area contributed by atoms with Crippen molar-refractivity contribution < 1.29 is 8.95 Å². The molecule has 1 atom stereocenters. The molecule has 0 amide bonds. The van der Waals surface area contributed by atoms with Crippen molar-refractivity contribution in [3.05, 3.63) is 29.8 Å². The zero-order valence-corrected chi connectivity index (χ0v) is 9.93. The standard InChI is InChI=1S/C10H16N2O2S/c1-10(2,14-3)8-6-4-5-7-9(8)15(11,12)13/h4-7H,1-3H3,(H3,11,12,13). The highest BCUT2D eigenvalue weighted by atomic mass is 32.2. The van der Waals surface area contributed by atoms with Gasteiger partial charge in [0.05, 0.1) is 10.5 Å². The zero-order valence-electron chi connectivity index (χ0n) is 9.11. The van der Waals surface area contributed by atoms with E-state index < -0.39 is 15.5 Å². The Morgan fingerprint density at radius 2 is 1.93 bits per heavy atom. The Morgan fingerprint density at radius 1 is 1.40 bits per heavy atom. The average molecular weight is 228 g/mol. The van der Waals surface area contributed by atoms with Crippen LogP contribution in [0.1, 0.15) is 19.4 Å². The average Bonchev–Trinajstić information content (AvgIpc) is 2.16. The van der Waals surface area contributed by atoms with Gasteiger partial charge in [0.25, 0.3) is 0 Å². The maximum Gasteiger partial charge on any atom is 0.132 e. The molecule has 0 aliphatic heterocycles. The van der Waals surface area contributed by atoms with Crippen LogP contribution in [0.25, 0.3) is 0 Å². The van der Waals surface area contributed by atoms with Crippen LogP contribution in [0, 0.1) is 4.78 Å². The van der Waals surface area contributed by atoms with Gasteiger partial charge in [0.1, 0.15) is 9.92 Å². The molecule has 5 heteroatoms. The first-order valence-electron chi connectivity index (χ1n) is 4.50. The van der Waals surface area contributed by atoms with Crippen molar-refractivity contribution in [1.29, 1.82) is 4.78 Å². The summed E-state index contributed by atoms with van der Waals surface area (Å²) in [4.78, 5) is 0.330. The van der Waals surface area contributed by atoms with Gasteiger partial charge in [-0.1, -0.05) is 18.2 Å². The number of ether oxygens (including phenoxy) is 1. The first-order chi connectivity index (χ1) is 6.79. The Kier molecular flexibility index (Phi) is 3.18. The molecule has 0 heterocycles. The lowest BCUT2D eigenvalue weighted by Gasteiger charge is -2.25. The van der Waals surface area contributed by atoms with Crippen LogP contribution in [0.15, 0.2) is 29.2 Å². The summed E-state index contributed by atoms with van der Waals surface area (Å²) in [6, 6.07) is 6.90. The molecular formula is C10H16N2O2S. The number of nitrogens with two attached hydrogens (primary N) is 1. The third kappa shape index (κ3) is 2.56. The smallest absolute Gasteiger partial charge is 0.132 e. The van der Waals surface area contributed by atoms with Crippen LogP contribution < -0.4 is 5.14 Å². The second kappa shape index (κ2) is 3.92. The number of hydrogen-bond acceptors (Lipinski definition) is 3. The molecule has 1 unspecified atom stereocenters. The summed E-state index contributed by atoms with van der Waals surface area (Å²) in [6.07, 6.45) is 0. The first kappa shape index (κ1) is 12.2. The Labute approximate surface area is 90.5 Å². The fourth-order valence-corrected chi connectivity index (χ4v) is 2.26. The SMILES string of the molecule is COC(C)(C)c1ccccc1S(=N)(N)=O. The summed E-state index contributed by atoms with van der Waals surface area (Å²) in [6.45, 7) is 3.69. The molecule has 0 spiro atoms. The minimum Gasteiger partial charge on any atom is -0.374 e. The van der Waals surface area contributed by atoms with Crippen LogP contribution in [0.3, 0.4) is 0 Å². The number of nitrogens with one attached hydrogen (secondary N) is 1. The zero-order chi connectivity index (χ0) is 11.7. The molecule has 0 aromatic heterocycles. The minimum atomic E-state index is -3.21. The largest absolute Gasteiger partial charge is 0.374 e. The topological polar surface area (TPSA) is 76.2 Å². The molecule has 0 aliphatic rings. The highest BCUT2D eigenvalue weighted by molar-refractivity contribution is 7.90. The molecule has 0 bridgehead atoms. The minimum absolute atomic E-state index is 0.330. The molecule has 84 valence electrons. The van der Waals surface area contributed by atoms with E-state index in [0.29, 0.717) is 10.5 Å². The molecule has 0 fully saturated rings. The highest BCUT2D eigenvalue weighted by Gasteiger charge is 2.25. The van der Waals surface area contributed by atoms with E-state index in [0.717, 1.165) is 0 Å². The third-order valence-corrected chi connectivity index (χ3v) is 3.38. The summed E-state index contributed by atoms with van der Waals surface area (Å²) >= 11 is 0. The Balaban J connectivity index is 3.44. The maximum absolute atomic E-state index is 11.6. The van der Waals surface area contributed by atoms with E-state index >= 15 is 0 Å². The summed E-state index contributed by atoms with van der Waals surface area (Å²) < 4.78 is 24.3. The molecule has 0 saturated carbocycles. The van der Waals surface area contributed by atoms with Crippen LogP contribution in [0.5, 0.6) is 0 Å². The van der Waals surface area contributed by atoms with Crippen molar-refractivity contribution in [2.24, 2.45) is 5.14 Å². The Hall–Kier alpha value is -0.910. The number of rotatable bonds is 3. The van der Waals surface area contributed by atoms with E-state index in [2.05, 4.69) is 0 Å². The van der Waals surface area contributed by atoms with E-state index in [-0.39, 0.29) is 0 Å². The lowest BCUT2D eigenvalue weighted by molar-refractivity contribution is 0.0169. The van der Waals surface area contributed by atoms with Gasteiger partial charge in [-0.3, -0.25) is 0 Å². The van der Waals surface area contributed by atoms with Crippen LogP contribution in [0.2, 0.25) is 0 Å². The van der Waals surface area contributed by atoms with Crippen LogP contribution >= 0.6 is 0 Å². The molecule has 1 rings (SSSR count). The van der Waals surface area contributed by atoms with E-state index in [1.54, 1.807) is 25.3 Å². The lowest BCUT2D eigenvalue weighted by Crippen LogP contribution is -2.24. The summed E-state index contributed by atoms with van der Waals surface area (Å²) in [5.41, 5.74) is 0.0923. The summed E-state index contributed by atoms with van der Waals surface area (Å²) in [5.74, 6) is 0. The van der Waals surface area contributed by atoms with E-state index in [4.69, 9.17) is 14.7 Å². The number of methoxy groups -OCH3 is 1. The van der Waals surface area contributed by atoms with Crippen LogP contribution in [-0.4, -0.2) is 11.3 Å². The quantitative estimate of drug-likeness (QED) is 0.828. The van der Waals surface area contributed by atoms with E-state index in [1.165, 1.54) is 0 Å². The first-order valence-corrected chi connectivity index (χ1v) is 6.12. The van der Waals surface area contributed by atoms with Gasteiger partial charge in [-0.2, -0.15) is 0 Å². The van der Waals surface area contributed by atoms with Gasteiger partial charge < -0.3 is 4.74 Å². The van der Waals surface area contributed by atoms with Crippen molar-refractivity contribution in [3.63, 3.8) is 0 Å². The molecule has 15 heavy (non-hydrogen) atoms. The number of benzene rings is 1. The fraction of sp³-hybridized carbons (Fsp3) is 0.400. The molecule has 1 aromatic rings. The van der Waals surface area contributed by atoms with Gasteiger partial charge in [0, 0.05) is 12.7 Å². The van der Waals surface area contributed by atoms with Crippen molar-refractivity contribution in [1.82, 2.24) is 0 Å². The van der Waals surface area contributed by atoms with Gasteiger partial charge in [-0.05, 0) is 19.9 Å². The van der Waals surface area contributed by atoms with Gasteiger partial charge in [0.2, 0.25) is 0 Å². The predicted octanol–water partition coefficient (Wildman–Crippen LogP) is 1.85. The molecule has 1 aromatic carbocycles. The Morgan fingerprint density at radius 3 is 2.40 bits per heavy atom. The highest BCUT2D eigenvalue weighted by Crippen LogP contribution is 2.29. The Bertz CT molecular complexity index is 452. The van der Waals surface area contributed by atoms with Gasteiger partial charge in [0.15, 0.2) is 0 Å². The predicted molar refractivity (Wildman–Crippen MR) is 59.8 cm³/mol. The van der Waals surface area contributed by atoms with Crippen LogP contribution in [0.4, 0.5) is 0 Å². The van der Waals surface area contributed by atoms with Crippen LogP contribution in [-0.2, 0) is 20.3 Å².